The van der Waals surface area contributed by atoms with Crippen LogP contribution in [0.5, 0.6) is 0 Å². The maximum Gasteiger partial charge on any atom is 0.253 e. The summed E-state index contributed by atoms with van der Waals surface area (Å²) in [5.74, 6) is 0.0945. The Morgan fingerprint density at radius 3 is 2.46 bits per heavy atom. The number of aryl methyl sites for hydroxylation is 1. The van der Waals surface area contributed by atoms with Gasteiger partial charge < -0.3 is 9.80 Å². The van der Waals surface area contributed by atoms with Crippen molar-refractivity contribution in [1.82, 2.24) is 9.80 Å². The van der Waals surface area contributed by atoms with Gasteiger partial charge in [-0.1, -0.05) is 47.5 Å². The van der Waals surface area contributed by atoms with E-state index in [1.807, 2.05) is 59.2 Å². The van der Waals surface area contributed by atoms with E-state index in [1.165, 1.54) is 0 Å². The second-order valence-electron chi connectivity index (χ2n) is 6.66. The van der Waals surface area contributed by atoms with Gasteiger partial charge in [-0.05, 0) is 37.1 Å². The smallest absolute Gasteiger partial charge is 0.253 e. The van der Waals surface area contributed by atoms with Crippen molar-refractivity contribution in [3.63, 3.8) is 0 Å². The van der Waals surface area contributed by atoms with Crippen LogP contribution in [-0.4, -0.2) is 47.8 Å². The fraction of sp³-hybridized carbons (Fsp3) is 0.333. The predicted molar refractivity (Wildman–Crippen MR) is 103 cm³/mol. The van der Waals surface area contributed by atoms with Crippen molar-refractivity contribution in [2.75, 3.05) is 26.2 Å². The molecule has 2 amide bonds. The highest BCUT2D eigenvalue weighted by molar-refractivity contribution is 6.31. The molecule has 0 N–H and O–H groups in total. The van der Waals surface area contributed by atoms with Gasteiger partial charge in [-0.2, -0.15) is 0 Å². The number of nitrogens with zero attached hydrogens (tertiary/aromatic N) is 2. The van der Waals surface area contributed by atoms with Crippen molar-refractivity contribution in [2.24, 2.45) is 0 Å². The molecule has 3 rings (SSSR count). The maximum absolute atomic E-state index is 12.7. The van der Waals surface area contributed by atoms with Crippen molar-refractivity contribution in [3.05, 3.63) is 70.2 Å². The molecule has 0 unspecified atom stereocenters. The third-order valence-corrected chi connectivity index (χ3v) is 5.07. The van der Waals surface area contributed by atoms with Crippen LogP contribution < -0.4 is 0 Å². The van der Waals surface area contributed by atoms with Gasteiger partial charge in [0.05, 0.1) is 6.42 Å². The molecule has 136 valence electrons. The number of halogens is 1. The number of rotatable bonds is 3. The number of amides is 2. The zero-order valence-electron chi connectivity index (χ0n) is 15.0. The Labute approximate surface area is 159 Å². The van der Waals surface area contributed by atoms with Crippen molar-refractivity contribution in [1.29, 1.82) is 0 Å². The maximum atomic E-state index is 12.7. The summed E-state index contributed by atoms with van der Waals surface area (Å²) in [6, 6.07) is 15.1. The van der Waals surface area contributed by atoms with Gasteiger partial charge in [-0.3, -0.25) is 9.59 Å². The molecule has 4 nitrogen and oxygen atoms in total. The monoisotopic (exact) mass is 370 g/mol. The van der Waals surface area contributed by atoms with Crippen LogP contribution in [0.15, 0.2) is 48.5 Å². The highest BCUT2D eigenvalue weighted by Gasteiger charge is 2.23. The van der Waals surface area contributed by atoms with Crippen LogP contribution >= 0.6 is 11.6 Å². The van der Waals surface area contributed by atoms with Crippen LogP contribution in [0, 0.1) is 6.92 Å². The summed E-state index contributed by atoms with van der Waals surface area (Å²) in [4.78, 5) is 29.0. The number of hydrogen-bond donors (Lipinski definition) is 0. The van der Waals surface area contributed by atoms with E-state index in [9.17, 15) is 9.59 Å². The molecule has 0 aliphatic carbocycles. The molecule has 1 aliphatic rings. The predicted octanol–water partition coefficient (Wildman–Crippen LogP) is 3.57. The van der Waals surface area contributed by atoms with Gasteiger partial charge in [0.15, 0.2) is 0 Å². The summed E-state index contributed by atoms with van der Waals surface area (Å²) in [6.07, 6.45) is 1.08. The van der Waals surface area contributed by atoms with Gasteiger partial charge >= 0.3 is 0 Å². The van der Waals surface area contributed by atoms with Gasteiger partial charge in [0, 0.05) is 36.8 Å². The molecule has 0 radical (unpaired) electrons. The SMILES string of the molecule is Cc1cccc(C(=O)N2CCCN(C(=O)Cc3ccccc3Cl)CC2)c1. The largest absolute Gasteiger partial charge is 0.341 e. The third kappa shape index (κ3) is 4.44. The van der Waals surface area contributed by atoms with E-state index in [1.54, 1.807) is 6.07 Å². The summed E-state index contributed by atoms with van der Waals surface area (Å²) in [6.45, 7) is 4.43. The summed E-state index contributed by atoms with van der Waals surface area (Å²) in [7, 11) is 0. The number of carbonyl (C=O) groups excluding carboxylic acids is 2. The fourth-order valence-electron chi connectivity index (χ4n) is 3.25. The third-order valence-electron chi connectivity index (χ3n) is 4.70. The first kappa shape index (κ1) is 18.5. The minimum Gasteiger partial charge on any atom is -0.341 e. The zero-order chi connectivity index (χ0) is 18.5. The molecule has 0 aromatic heterocycles. The van der Waals surface area contributed by atoms with Crippen molar-refractivity contribution in [2.45, 2.75) is 19.8 Å². The van der Waals surface area contributed by atoms with Crippen molar-refractivity contribution in [3.8, 4) is 0 Å². The number of carbonyl (C=O) groups is 2. The van der Waals surface area contributed by atoms with Crippen LogP contribution in [0.3, 0.4) is 0 Å². The summed E-state index contributed by atoms with van der Waals surface area (Å²) in [5.41, 5.74) is 2.62. The van der Waals surface area contributed by atoms with Gasteiger partial charge in [0.25, 0.3) is 5.91 Å². The molecule has 1 heterocycles. The van der Waals surface area contributed by atoms with E-state index < -0.39 is 0 Å². The first-order valence-electron chi connectivity index (χ1n) is 8.92. The van der Waals surface area contributed by atoms with Crippen LogP contribution in [0.4, 0.5) is 0 Å². The molecule has 0 saturated carbocycles. The Kier molecular flexibility index (Phi) is 5.94. The summed E-state index contributed by atoms with van der Waals surface area (Å²) >= 11 is 6.16. The van der Waals surface area contributed by atoms with E-state index in [-0.39, 0.29) is 11.8 Å². The minimum absolute atomic E-state index is 0.0362. The highest BCUT2D eigenvalue weighted by atomic mass is 35.5. The molecule has 1 fully saturated rings. The van der Waals surface area contributed by atoms with E-state index >= 15 is 0 Å². The van der Waals surface area contributed by atoms with Gasteiger partial charge in [0.1, 0.15) is 0 Å². The lowest BCUT2D eigenvalue weighted by molar-refractivity contribution is -0.130. The number of benzene rings is 2. The summed E-state index contributed by atoms with van der Waals surface area (Å²) in [5, 5.41) is 0.618. The lowest BCUT2D eigenvalue weighted by Crippen LogP contribution is -2.38. The lowest BCUT2D eigenvalue weighted by atomic mass is 10.1. The average molecular weight is 371 g/mol. The van der Waals surface area contributed by atoms with Gasteiger partial charge in [-0.25, -0.2) is 0 Å². The fourth-order valence-corrected chi connectivity index (χ4v) is 3.45. The first-order chi connectivity index (χ1) is 12.5. The Bertz CT molecular complexity index is 806. The van der Waals surface area contributed by atoms with Crippen LogP contribution in [-0.2, 0) is 11.2 Å². The molecular weight excluding hydrogens is 348 g/mol. The Hall–Kier alpha value is -2.33. The Balaban J connectivity index is 1.62. The van der Waals surface area contributed by atoms with Gasteiger partial charge in [-0.15, -0.1) is 0 Å². The molecule has 1 aliphatic heterocycles. The highest BCUT2D eigenvalue weighted by Crippen LogP contribution is 2.17. The standard InChI is InChI=1S/C21H23ClN2O2/c1-16-6-4-8-18(14-16)21(26)24-11-5-10-23(12-13-24)20(25)15-17-7-2-3-9-19(17)22/h2-4,6-9,14H,5,10-13,15H2,1H3. The molecule has 0 bridgehead atoms. The molecule has 26 heavy (non-hydrogen) atoms. The molecular formula is C21H23ClN2O2. The quantitative estimate of drug-likeness (QED) is 0.828. The molecule has 0 spiro atoms. The van der Waals surface area contributed by atoms with E-state index in [2.05, 4.69) is 0 Å². The molecule has 5 heteroatoms. The van der Waals surface area contributed by atoms with Crippen LogP contribution in [0.25, 0.3) is 0 Å². The lowest BCUT2D eigenvalue weighted by Gasteiger charge is -2.22. The molecule has 0 atom stereocenters. The first-order valence-corrected chi connectivity index (χ1v) is 9.29. The molecule has 2 aromatic rings. The number of hydrogen-bond acceptors (Lipinski definition) is 2. The van der Waals surface area contributed by atoms with Crippen molar-refractivity contribution >= 4 is 23.4 Å². The Morgan fingerprint density at radius 1 is 0.962 bits per heavy atom. The topological polar surface area (TPSA) is 40.6 Å². The van der Waals surface area contributed by atoms with E-state index in [0.717, 1.165) is 17.5 Å². The normalized spacial score (nSPS) is 14.8. The zero-order valence-corrected chi connectivity index (χ0v) is 15.7. The van der Waals surface area contributed by atoms with Crippen LogP contribution in [0.1, 0.15) is 27.9 Å². The minimum atomic E-state index is 0.0362. The average Bonchev–Trinajstić information content (AvgIpc) is 2.89. The second-order valence-corrected chi connectivity index (χ2v) is 7.07. The Morgan fingerprint density at radius 2 is 1.69 bits per heavy atom. The summed E-state index contributed by atoms with van der Waals surface area (Å²) < 4.78 is 0. The van der Waals surface area contributed by atoms with Crippen LogP contribution in [0.2, 0.25) is 5.02 Å². The van der Waals surface area contributed by atoms with E-state index in [0.29, 0.717) is 43.2 Å². The van der Waals surface area contributed by atoms with Gasteiger partial charge in [0.2, 0.25) is 5.91 Å². The van der Waals surface area contributed by atoms with E-state index in [4.69, 9.17) is 11.6 Å². The molecule has 1 saturated heterocycles. The second kappa shape index (κ2) is 8.37. The van der Waals surface area contributed by atoms with Crippen molar-refractivity contribution < 1.29 is 9.59 Å². The molecule has 2 aromatic carbocycles.